The number of carbonyl (C=O) groups excluding carboxylic acids is 1. The molecule has 0 spiro atoms. The van der Waals surface area contributed by atoms with Gasteiger partial charge < -0.3 is 14.2 Å². The molecule has 0 aromatic carbocycles. The molecular formula is C7H11NO4. The topological polar surface area (TPSA) is 56.8 Å². The lowest BCUT2D eigenvalue weighted by atomic mass is 10.2. The molecule has 2 rings (SSSR count). The molecular weight excluding hydrogens is 162 g/mol. The summed E-state index contributed by atoms with van der Waals surface area (Å²) >= 11 is 0. The van der Waals surface area contributed by atoms with E-state index >= 15 is 0 Å². The van der Waals surface area contributed by atoms with Crippen LogP contribution >= 0.6 is 0 Å². The van der Waals surface area contributed by atoms with Crippen LogP contribution in [0.1, 0.15) is 0 Å². The van der Waals surface area contributed by atoms with Gasteiger partial charge in [-0.15, -0.1) is 0 Å². The number of rotatable bonds is 1. The average Bonchev–Trinajstić information content (AvgIpc) is 2.47. The maximum Gasteiger partial charge on any atom is 0.326 e. The predicted octanol–water partition coefficient (Wildman–Crippen LogP) is -1.13. The molecule has 0 aromatic rings. The van der Waals surface area contributed by atoms with Crippen molar-refractivity contribution in [1.82, 2.24) is 5.32 Å². The number of fused-ring (bicyclic) bond motifs is 1. The van der Waals surface area contributed by atoms with Gasteiger partial charge in [0.25, 0.3) is 0 Å². The van der Waals surface area contributed by atoms with E-state index in [1.54, 1.807) is 7.11 Å². The Bertz CT molecular complexity index is 196. The normalized spacial score (nSPS) is 40.8. The van der Waals surface area contributed by atoms with Gasteiger partial charge in [0.05, 0.1) is 0 Å². The van der Waals surface area contributed by atoms with Gasteiger partial charge in [-0.05, 0) is 0 Å². The summed E-state index contributed by atoms with van der Waals surface area (Å²) < 4.78 is 15.2. The SMILES string of the molecule is COC1CNC2C(=O)OCC2O1. The maximum absolute atomic E-state index is 11.0. The molecule has 0 aromatic heterocycles. The second kappa shape index (κ2) is 3.01. The fourth-order valence-electron chi connectivity index (χ4n) is 1.44. The first-order chi connectivity index (χ1) is 5.81. The summed E-state index contributed by atoms with van der Waals surface area (Å²) in [6.07, 6.45) is -0.447. The Morgan fingerprint density at radius 2 is 2.50 bits per heavy atom. The first-order valence-corrected chi connectivity index (χ1v) is 3.89. The third-order valence-corrected chi connectivity index (χ3v) is 2.11. The third-order valence-electron chi connectivity index (χ3n) is 2.11. The summed E-state index contributed by atoms with van der Waals surface area (Å²) in [4.78, 5) is 11.0. The molecule has 0 saturated carbocycles. The van der Waals surface area contributed by atoms with Gasteiger partial charge in [0.1, 0.15) is 18.8 Å². The summed E-state index contributed by atoms with van der Waals surface area (Å²) in [7, 11) is 1.57. The molecule has 2 heterocycles. The van der Waals surface area contributed by atoms with Crippen molar-refractivity contribution in [2.75, 3.05) is 20.3 Å². The van der Waals surface area contributed by atoms with E-state index in [1.165, 1.54) is 0 Å². The van der Waals surface area contributed by atoms with Crippen LogP contribution in [0.4, 0.5) is 0 Å². The molecule has 0 amide bonds. The number of carbonyl (C=O) groups is 1. The van der Waals surface area contributed by atoms with Crippen LogP contribution < -0.4 is 5.32 Å². The molecule has 68 valence electrons. The number of methoxy groups -OCH3 is 1. The van der Waals surface area contributed by atoms with E-state index in [-0.39, 0.29) is 24.4 Å². The van der Waals surface area contributed by atoms with Gasteiger partial charge in [-0.3, -0.25) is 10.1 Å². The molecule has 0 bridgehead atoms. The summed E-state index contributed by atoms with van der Waals surface area (Å²) in [5.74, 6) is -0.227. The number of hydrogen-bond donors (Lipinski definition) is 1. The van der Waals surface area contributed by atoms with Gasteiger partial charge in [-0.25, -0.2) is 0 Å². The fraction of sp³-hybridized carbons (Fsp3) is 0.857. The Morgan fingerprint density at radius 1 is 1.67 bits per heavy atom. The molecule has 0 aliphatic carbocycles. The van der Waals surface area contributed by atoms with Crippen LogP contribution in [0.15, 0.2) is 0 Å². The van der Waals surface area contributed by atoms with Crippen LogP contribution in [0.5, 0.6) is 0 Å². The van der Waals surface area contributed by atoms with Crippen molar-refractivity contribution >= 4 is 5.97 Å². The minimum absolute atomic E-state index is 0.184. The second-order valence-corrected chi connectivity index (χ2v) is 2.86. The van der Waals surface area contributed by atoms with Crippen molar-refractivity contribution in [1.29, 1.82) is 0 Å². The number of ether oxygens (including phenoxy) is 3. The minimum Gasteiger partial charge on any atom is -0.462 e. The Morgan fingerprint density at radius 3 is 3.25 bits per heavy atom. The lowest BCUT2D eigenvalue weighted by molar-refractivity contribution is -0.175. The predicted molar refractivity (Wildman–Crippen MR) is 38.4 cm³/mol. The molecule has 2 fully saturated rings. The summed E-state index contributed by atoms with van der Waals surface area (Å²) in [6.45, 7) is 0.864. The number of esters is 1. The van der Waals surface area contributed by atoms with Crippen molar-refractivity contribution in [3.63, 3.8) is 0 Å². The molecule has 3 unspecified atom stereocenters. The number of hydrogen-bond acceptors (Lipinski definition) is 5. The van der Waals surface area contributed by atoms with E-state index in [4.69, 9.17) is 14.2 Å². The third kappa shape index (κ3) is 1.20. The van der Waals surface area contributed by atoms with E-state index in [9.17, 15) is 4.79 Å². The van der Waals surface area contributed by atoms with Crippen molar-refractivity contribution in [3.8, 4) is 0 Å². The van der Waals surface area contributed by atoms with E-state index in [0.717, 1.165) is 0 Å². The molecule has 5 nitrogen and oxygen atoms in total. The highest BCUT2D eigenvalue weighted by Crippen LogP contribution is 2.17. The Labute approximate surface area is 70.0 Å². The molecule has 12 heavy (non-hydrogen) atoms. The number of cyclic esters (lactones) is 1. The lowest BCUT2D eigenvalue weighted by Gasteiger charge is -2.29. The van der Waals surface area contributed by atoms with Crippen LogP contribution in [0.2, 0.25) is 0 Å². The fourth-order valence-corrected chi connectivity index (χ4v) is 1.44. The van der Waals surface area contributed by atoms with E-state index in [2.05, 4.69) is 5.32 Å². The van der Waals surface area contributed by atoms with Crippen molar-refractivity contribution < 1.29 is 19.0 Å². The van der Waals surface area contributed by atoms with Crippen LogP contribution in [0.3, 0.4) is 0 Å². The van der Waals surface area contributed by atoms with Gasteiger partial charge in [0.15, 0.2) is 6.29 Å². The van der Waals surface area contributed by atoms with Gasteiger partial charge >= 0.3 is 5.97 Å². The van der Waals surface area contributed by atoms with E-state index in [1.807, 2.05) is 0 Å². The molecule has 3 atom stereocenters. The second-order valence-electron chi connectivity index (χ2n) is 2.86. The minimum atomic E-state index is -0.295. The average molecular weight is 173 g/mol. The quantitative estimate of drug-likeness (QED) is 0.509. The van der Waals surface area contributed by atoms with E-state index in [0.29, 0.717) is 13.2 Å². The Hall–Kier alpha value is -0.650. The Balaban J connectivity index is 1.99. The highest BCUT2D eigenvalue weighted by atomic mass is 16.7. The number of morpholine rings is 1. The molecule has 0 radical (unpaired) electrons. The lowest BCUT2D eigenvalue weighted by Crippen LogP contribution is -2.53. The monoisotopic (exact) mass is 173 g/mol. The van der Waals surface area contributed by atoms with Crippen molar-refractivity contribution in [3.05, 3.63) is 0 Å². The zero-order valence-corrected chi connectivity index (χ0v) is 6.78. The molecule has 5 heteroatoms. The number of nitrogens with one attached hydrogen (secondary N) is 1. The standard InChI is InChI=1S/C7H11NO4/c1-10-5-2-8-6-4(12-5)3-11-7(6)9/h4-6,8H,2-3H2,1H3. The first-order valence-electron chi connectivity index (χ1n) is 3.89. The largest absolute Gasteiger partial charge is 0.462 e. The van der Waals surface area contributed by atoms with Crippen LogP contribution in [-0.2, 0) is 19.0 Å². The highest BCUT2D eigenvalue weighted by molar-refractivity contribution is 5.78. The Kier molecular flexibility index (Phi) is 2.00. The zero-order chi connectivity index (χ0) is 8.55. The van der Waals surface area contributed by atoms with Gasteiger partial charge in [0, 0.05) is 13.7 Å². The van der Waals surface area contributed by atoms with Crippen LogP contribution in [0.25, 0.3) is 0 Å². The smallest absolute Gasteiger partial charge is 0.326 e. The van der Waals surface area contributed by atoms with Gasteiger partial charge in [-0.2, -0.15) is 0 Å². The maximum atomic E-state index is 11.0. The molecule has 2 aliphatic heterocycles. The van der Waals surface area contributed by atoms with E-state index < -0.39 is 0 Å². The first kappa shape index (κ1) is 7.97. The van der Waals surface area contributed by atoms with Crippen molar-refractivity contribution in [2.45, 2.75) is 18.4 Å². The van der Waals surface area contributed by atoms with Crippen LogP contribution in [-0.4, -0.2) is 44.7 Å². The van der Waals surface area contributed by atoms with Crippen molar-refractivity contribution in [2.24, 2.45) is 0 Å². The molecule has 1 N–H and O–H groups in total. The summed E-state index contributed by atoms with van der Waals surface area (Å²) in [5, 5.41) is 3.01. The zero-order valence-electron chi connectivity index (χ0n) is 6.78. The summed E-state index contributed by atoms with van der Waals surface area (Å²) in [5.41, 5.74) is 0. The molecule has 2 saturated heterocycles. The van der Waals surface area contributed by atoms with Gasteiger partial charge in [0.2, 0.25) is 0 Å². The molecule has 2 aliphatic rings. The summed E-state index contributed by atoms with van der Waals surface area (Å²) in [6, 6.07) is -0.295. The van der Waals surface area contributed by atoms with Crippen LogP contribution in [0, 0.1) is 0 Å². The van der Waals surface area contributed by atoms with Gasteiger partial charge in [-0.1, -0.05) is 0 Å². The highest BCUT2D eigenvalue weighted by Gasteiger charge is 2.42.